The van der Waals surface area contributed by atoms with Crippen LogP contribution in [0.3, 0.4) is 0 Å². The fourth-order valence-electron chi connectivity index (χ4n) is 4.28. The first-order chi connectivity index (χ1) is 17.0. The zero-order valence-corrected chi connectivity index (χ0v) is 27.3. The van der Waals surface area contributed by atoms with Gasteiger partial charge in [0.15, 0.2) is 0 Å². The van der Waals surface area contributed by atoms with Gasteiger partial charge >= 0.3 is 0 Å². The smallest absolute Gasteiger partial charge is 0.136 e. The first-order valence-corrected chi connectivity index (χ1v) is 17.5. The average Bonchev–Trinajstić information content (AvgIpc) is 3.19. The molecule has 0 N–H and O–H groups in total. The molecule has 1 heterocycles. The number of thiophene rings is 1. The highest BCUT2D eigenvalue weighted by Gasteiger charge is 2.20. The third kappa shape index (κ3) is 12.1. The summed E-state index contributed by atoms with van der Waals surface area (Å²) >= 11 is 17.3. The molecule has 1 aromatic heterocycles. The predicted octanol–water partition coefficient (Wildman–Crippen LogP) is 9.71. The largest absolute Gasteiger partial charge is 0.358 e. The Balaban J connectivity index is 3.16. The molecule has 0 saturated carbocycles. The normalized spacial score (nSPS) is 11.1. The Labute approximate surface area is 240 Å². The standard InChI is InChI=1S/C28H50N2S5/c1-7-13-15-17-19-23-24(20-18-16-14-8-2)26(22-34-28(32)30(11-5)12-6)35-25(23)21-33-27(31)29(9-3)10-4/h7-22H2,1-6H3. The number of hydrogen-bond donors (Lipinski definition) is 0. The zero-order valence-electron chi connectivity index (χ0n) is 23.2. The molecule has 0 aliphatic rings. The predicted molar refractivity (Wildman–Crippen MR) is 174 cm³/mol. The summed E-state index contributed by atoms with van der Waals surface area (Å²) in [6.45, 7) is 17.4. The lowest BCUT2D eigenvalue weighted by Crippen LogP contribution is -2.26. The number of thioether (sulfide) groups is 2. The lowest BCUT2D eigenvalue weighted by atomic mass is 9.97. The van der Waals surface area contributed by atoms with Crippen molar-refractivity contribution in [3.63, 3.8) is 0 Å². The Kier molecular flexibility index (Phi) is 19.1. The fourth-order valence-corrected chi connectivity index (χ4v) is 8.71. The van der Waals surface area contributed by atoms with Crippen LogP contribution in [0.4, 0.5) is 0 Å². The molecule has 0 fully saturated rings. The first kappa shape index (κ1) is 33.2. The van der Waals surface area contributed by atoms with Crippen molar-refractivity contribution >= 4 is 67.9 Å². The third-order valence-corrected chi connectivity index (χ3v) is 11.3. The van der Waals surface area contributed by atoms with E-state index < -0.39 is 0 Å². The van der Waals surface area contributed by atoms with Crippen molar-refractivity contribution in [3.05, 3.63) is 20.9 Å². The highest BCUT2D eigenvalue weighted by molar-refractivity contribution is 8.22. The quantitative estimate of drug-likeness (QED) is 0.126. The van der Waals surface area contributed by atoms with E-state index in [1.165, 1.54) is 64.2 Å². The summed E-state index contributed by atoms with van der Waals surface area (Å²) in [5.41, 5.74) is 3.31. The second kappa shape index (κ2) is 20.2. The van der Waals surface area contributed by atoms with E-state index in [1.807, 2.05) is 23.5 Å². The SMILES string of the molecule is CCCCCCc1c(CSC(=S)N(CC)CC)sc(CSC(=S)N(CC)CC)c1CCCCCC. The molecular weight excluding hydrogens is 525 g/mol. The van der Waals surface area contributed by atoms with Gasteiger partial charge < -0.3 is 9.80 Å². The van der Waals surface area contributed by atoms with Crippen molar-refractivity contribution in [2.45, 2.75) is 117 Å². The second-order valence-electron chi connectivity index (χ2n) is 8.98. The van der Waals surface area contributed by atoms with Gasteiger partial charge in [0, 0.05) is 47.4 Å². The lowest BCUT2D eigenvalue weighted by Gasteiger charge is -2.20. The monoisotopic (exact) mass is 574 g/mol. The maximum Gasteiger partial charge on any atom is 0.136 e. The second-order valence-corrected chi connectivity index (χ2v) is 13.4. The summed E-state index contributed by atoms with van der Waals surface area (Å²) in [7, 11) is 0. The van der Waals surface area contributed by atoms with Crippen LogP contribution in [-0.2, 0) is 24.3 Å². The van der Waals surface area contributed by atoms with Gasteiger partial charge in [0.05, 0.1) is 0 Å². The van der Waals surface area contributed by atoms with E-state index >= 15 is 0 Å². The molecule has 0 spiro atoms. The Morgan fingerprint density at radius 1 is 0.600 bits per heavy atom. The van der Waals surface area contributed by atoms with Crippen molar-refractivity contribution in [1.82, 2.24) is 9.80 Å². The van der Waals surface area contributed by atoms with Crippen LogP contribution in [0, 0.1) is 0 Å². The van der Waals surface area contributed by atoms with Gasteiger partial charge in [0.2, 0.25) is 0 Å². The van der Waals surface area contributed by atoms with Crippen LogP contribution in [-0.4, -0.2) is 44.6 Å². The molecule has 1 rings (SSSR count). The van der Waals surface area contributed by atoms with Crippen molar-refractivity contribution in [1.29, 1.82) is 0 Å². The van der Waals surface area contributed by atoms with E-state index in [9.17, 15) is 0 Å². The number of thiocarbonyl (C=S) groups is 2. The molecule has 0 radical (unpaired) electrons. The molecule has 1 aromatic rings. The molecule has 0 bridgehead atoms. The third-order valence-electron chi connectivity index (χ3n) is 6.54. The van der Waals surface area contributed by atoms with Gasteiger partial charge in [-0.1, -0.05) is 100 Å². The molecule has 0 saturated heterocycles. The summed E-state index contributed by atoms with van der Waals surface area (Å²) in [4.78, 5) is 7.74. The number of unbranched alkanes of at least 4 members (excludes halogenated alkanes) is 6. The Morgan fingerprint density at radius 2 is 0.971 bits per heavy atom. The molecule has 0 unspecified atom stereocenters. The van der Waals surface area contributed by atoms with Crippen molar-refractivity contribution < 1.29 is 0 Å². The van der Waals surface area contributed by atoms with Gasteiger partial charge in [-0.15, -0.1) is 11.3 Å². The zero-order chi connectivity index (χ0) is 26.1. The maximum atomic E-state index is 5.78. The van der Waals surface area contributed by atoms with Gasteiger partial charge in [-0.3, -0.25) is 0 Å². The lowest BCUT2D eigenvalue weighted by molar-refractivity contribution is 0.482. The average molecular weight is 575 g/mol. The van der Waals surface area contributed by atoms with Gasteiger partial charge in [-0.05, 0) is 64.5 Å². The van der Waals surface area contributed by atoms with E-state index in [0.29, 0.717) is 0 Å². The molecule has 0 aliphatic heterocycles. The molecule has 2 nitrogen and oxygen atoms in total. The van der Waals surface area contributed by atoms with Gasteiger partial charge in [-0.2, -0.15) is 0 Å². The van der Waals surface area contributed by atoms with E-state index in [4.69, 9.17) is 24.4 Å². The summed E-state index contributed by atoms with van der Waals surface area (Å²) in [5.74, 6) is 2.02. The highest BCUT2D eigenvalue weighted by Crippen LogP contribution is 2.37. The Morgan fingerprint density at radius 3 is 1.29 bits per heavy atom. The number of hydrogen-bond acceptors (Lipinski definition) is 5. The van der Waals surface area contributed by atoms with Gasteiger partial charge in [0.25, 0.3) is 0 Å². The minimum absolute atomic E-state index is 0.990. The minimum atomic E-state index is 0.990. The van der Waals surface area contributed by atoms with Crippen LogP contribution >= 0.6 is 59.3 Å². The number of rotatable bonds is 18. The first-order valence-electron chi connectivity index (χ1n) is 13.9. The summed E-state index contributed by atoms with van der Waals surface area (Å²) < 4.78 is 2.09. The molecule has 0 aliphatic carbocycles. The van der Waals surface area contributed by atoms with Gasteiger partial charge in [0.1, 0.15) is 8.64 Å². The maximum absolute atomic E-state index is 5.78. The van der Waals surface area contributed by atoms with Crippen molar-refractivity contribution in [2.24, 2.45) is 0 Å². The Bertz CT molecular complexity index is 665. The molecule has 0 amide bonds. The van der Waals surface area contributed by atoms with Crippen molar-refractivity contribution in [3.8, 4) is 0 Å². The van der Waals surface area contributed by atoms with Crippen LogP contribution in [0.5, 0.6) is 0 Å². The topological polar surface area (TPSA) is 6.48 Å². The van der Waals surface area contributed by atoms with E-state index in [2.05, 4.69) is 62.7 Å². The Hall–Kier alpha value is 0.180. The van der Waals surface area contributed by atoms with Gasteiger partial charge in [-0.25, -0.2) is 0 Å². The summed E-state index contributed by atoms with van der Waals surface area (Å²) in [6.07, 6.45) is 13.0. The molecule has 0 atom stereocenters. The van der Waals surface area contributed by atoms with Crippen LogP contribution in [0.25, 0.3) is 0 Å². The van der Waals surface area contributed by atoms with Crippen molar-refractivity contribution in [2.75, 3.05) is 26.2 Å². The highest BCUT2D eigenvalue weighted by atomic mass is 32.2. The molecular formula is C28H50N2S5. The van der Waals surface area contributed by atoms with Crippen LogP contribution in [0.1, 0.15) is 114 Å². The molecule has 35 heavy (non-hydrogen) atoms. The van der Waals surface area contributed by atoms with Crippen LogP contribution in [0.15, 0.2) is 0 Å². The fraction of sp³-hybridized carbons (Fsp3) is 0.786. The van der Waals surface area contributed by atoms with E-state index in [1.54, 1.807) is 20.9 Å². The molecule has 0 aromatic carbocycles. The van der Waals surface area contributed by atoms with Crippen LogP contribution in [0.2, 0.25) is 0 Å². The molecule has 202 valence electrons. The number of nitrogens with zero attached hydrogens (tertiary/aromatic N) is 2. The van der Waals surface area contributed by atoms with Crippen LogP contribution < -0.4 is 0 Å². The molecule has 7 heteroatoms. The van der Waals surface area contributed by atoms with E-state index in [0.717, 1.165) is 46.3 Å². The summed E-state index contributed by atoms with van der Waals surface area (Å²) in [5, 5.41) is 0. The summed E-state index contributed by atoms with van der Waals surface area (Å²) in [6, 6.07) is 0. The minimum Gasteiger partial charge on any atom is -0.358 e. The van der Waals surface area contributed by atoms with E-state index in [-0.39, 0.29) is 0 Å².